The SMILES string of the molecule is Cc1ccc(-c2csc(NC(=O)CN=C3NS(=O)(=O)c4ccccc43)n2)c(C)c1. The van der Waals surface area contributed by atoms with E-state index in [0.717, 1.165) is 16.8 Å². The van der Waals surface area contributed by atoms with Crippen molar-refractivity contribution in [2.75, 3.05) is 11.9 Å². The van der Waals surface area contributed by atoms with Crippen molar-refractivity contribution in [3.8, 4) is 11.3 Å². The molecule has 9 heteroatoms. The molecule has 2 aromatic carbocycles. The van der Waals surface area contributed by atoms with Gasteiger partial charge in [0.1, 0.15) is 12.4 Å². The Morgan fingerprint density at radius 3 is 2.76 bits per heavy atom. The standard InChI is InChI=1S/C20H18N4O3S2/c1-12-7-8-14(13(2)9-12)16-11-28-20(22-16)23-18(25)10-21-19-15-5-3-4-6-17(15)29(26,27)24-19/h3-9,11H,10H2,1-2H3,(H,21,24)(H,22,23,25). The average molecular weight is 427 g/mol. The highest BCUT2D eigenvalue weighted by molar-refractivity contribution is 7.90. The summed E-state index contributed by atoms with van der Waals surface area (Å²) in [6.07, 6.45) is 0. The molecule has 29 heavy (non-hydrogen) atoms. The first-order valence-corrected chi connectivity index (χ1v) is 11.2. The number of benzene rings is 2. The average Bonchev–Trinajstić information content (AvgIpc) is 3.23. The van der Waals surface area contributed by atoms with Gasteiger partial charge in [-0.1, -0.05) is 35.9 Å². The Morgan fingerprint density at radius 1 is 1.17 bits per heavy atom. The number of aromatic nitrogens is 1. The maximum Gasteiger partial charge on any atom is 0.263 e. The van der Waals surface area contributed by atoms with Gasteiger partial charge in [0.25, 0.3) is 10.0 Å². The largest absolute Gasteiger partial charge is 0.300 e. The summed E-state index contributed by atoms with van der Waals surface area (Å²) in [6.45, 7) is 3.84. The van der Waals surface area contributed by atoms with Crippen LogP contribution >= 0.6 is 11.3 Å². The molecule has 0 aliphatic carbocycles. The van der Waals surface area contributed by atoms with Gasteiger partial charge >= 0.3 is 0 Å². The zero-order chi connectivity index (χ0) is 20.6. The van der Waals surface area contributed by atoms with Crippen LogP contribution in [-0.2, 0) is 14.8 Å². The number of nitrogens with one attached hydrogen (secondary N) is 2. The predicted molar refractivity (Wildman–Crippen MR) is 114 cm³/mol. The number of amides is 1. The van der Waals surface area contributed by atoms with Gasteiger partial charge in [0.05, 0.1) is 10.6 Å². The number of aliphatic imine (C=N–C) groups is 1. The molecule has 1 aliphatic heterocycles. The maximum atomic E-state index is 12.3. The van der Waals surface area contributed by atoms with E-state index >= 15 is 0 Å². The molecule has 2 heterocycles. The first-order valence-electron chi connectivity index (χ1n) is 8.83. The highest BCUT2D eigenvalue weighted by Gasteiger charge is 2.30. The number of hydrogen-bond donors (Lipinski definition) is 2. The zero-order valence-corrected chi connectivity index (χ0v) is 17.4. The minimum Gasteiger partial charge on any atom is -0.300 e. The summed E-state index contributed by atoms with van der Waals surface area (Å²) >= 11 is 1.33. The van der Waals surface area contributed by atoms with Gasteiger partial charge in [-0.25, -0.2) is 13.4 Å². The third-order valence-corrected chi connectivity index (χ3v) is 6.61. The van der Waals surface area contributed by atoms with Gasteiger partial charge in [-0.05, 0) is 31.5 Å². The molecule has 0 unspecified atom stereocenters. The van der Waals surface area contributed by atoms with Crippen LogP contribution in [0.25, 0.3) is 11.3 Å². The second-order valence-corrected chi connectivity index (χ2v) is 9.18. The lowest BCUT2D eigenvalue weighted by atomic mass is 10.0. The van der Waals surface area contributed by atoms with Crippen molar-refractivity contribution in [1.29, 1.82) is 0 Å². The van der Waals surface area contributed by atoms with Crippen molar-refractivity contribution in [3.63, 3.8) is 0 Å². The molecule has 148 valence electrons. The normalized spacial score (nSPS) is 15.7. The number of carbonyl (C=O) groups is 1. The fourth-order valence-corrected chi connectivity index (χ4v) is 5.09. The Hall–Kier alpha value is -3.04. The van der Waals surface area contributed by atoms with E-state index in [1.54, 1.807) is 18.2 Å². The third-order valence-electron chi connectivity index (χ3n) is 4.45. The van der Waals surface area contributed by atoms with Crippen LogP contribution in [0.15, 0.2) is 57.7 Å². The second-order valence-electron chi connectivity index (χ2n) is 6.67. The van der Waals surface area contributed by atoms with Crippen molar-refractivity contribution < 1.29 is 13.2 Å². The van der Waals surface area contributed by atoms with Crippen molar-refractivity contribution in [2.24, 2.45) is 4.99 Å². The maximum absolute atomic E-state index is 12.3. The number of amidine groups is 1. The summed E-state index contributed by atoms with van der Waals surface area (Å²) in [6, 6.07) is 12.6. The van der Waals surface area contributed by atoms with Crippen molar-refractivity contribution in [1.82, 2.24) is 9.71 Å². The van der Waals surface area contributed by atoms with E-state index in [1.165, 1.54) is 23.0 Å². The van der Waals surface area contributed by atoms with E-state index in [-0.39, 0.29) is 23.2 Å². The fourth-order valence-electron chi connectivity index (χ4n) is 3.12. The van der Waals surface area contributed by atoms with Crippen molar-refractivity contribution in [3.05, 3.63) is 64.5 Å². The number of sulfonamides is 1. The number of aryl methyl sites for hydroxylation is 2. The number of carbonyl (C=O) groups excluding carboxylic acids is 1. The van der Waals surface area contributed by atoms with Gasteiger partial charge in [-0.2, -0.15) is 0 Å². The van der Waals surface area contributed by atoms with Gasteiger partial charge in [-0.15, -0.1) is 11.3 Å². The molecule has 1 aliphatic rings. The van der Waals surface area contributed by atoms with Crippen molar-refractivity contribution in [2.45, 2.75) is 18.7 Å². The Morgan fingerprint density at radius 2 is 1.97 bits per heavy atom. The molecule has 7 nitrogen and oxygen atoms in total. The molecular formula is C20H18N4O3S2. The lowest BCUT2D eigenvalue weighted by Gasteiger charge is -2.03. The minimum absolute atomic E-state index is 0.164. The van der Waals surface area contributed by atoms with E-state index in [2.05, 4.69) is 26.1 Å². The lowest BCUT2D eigenvalue weighted by Crippen LogP contribution is -2.24. The van der Waals surface area contributed by atoms with E-state index in [9.17, 15) is 13.2 Å². The summed E-state index contributed by atoms with van der Waals surface area (Å²) in [7, 11) is -3.62. The minimum atomic E-state index is -3.62. The third kappa shape index (κ3) is 3.92. The number of hydrogen-bond acceptors (Lipinski definition) is 6. The van der Waals surface area contributed by atoms with Gasteiger partial charge in [0.15, 0.2) is 5.13 Å². The quantitative estimate of drug-likeness (QED) is 0.669. The molecular weight excluding hydrogens is 408 g/mol. The topological polar surface area (TPSA) is 101 Å². The van der Waals surface area contributed by atoms with Crippen molar-refractivity contribution >= 4 is 38.2 Å². The Labute approximate surface area is 172 Å². The second kappa shape index (κ2) is 7.41. The van der Waals surface area contributed by atoms with Crippen LogP contribution in [0.3, 0.4) is 0 Å². The summed E-state index contributed by atoms with van der Waals surface area (Å²) in [4.78, 5) is 21.0. The Bertz CT molecular complexity index is 1250. The zero-order valence-electron chi connectivity index (χ0n) is 15.8. The van der Waals surface area contributed by atoms with Crippen LogP contribution in [0.2, 0.25) is 0 Å². The molecule has 1 aromatic heterocycles. The molecule has 0 fully saturated rings. The number of thiazole rings is 1. The predicted octanol–water partition coefficient (Wildman–Crippen LogP) is 3.10. The summed E-state index contributed by atoms with van der Waals surface area (Å²) in [5.74, 6) is -0.200. The van der Waals surface area contributed by atoms with E-state index in [4.69, 9.17) is 0 Å². The van der Waals surface area contributed by atoms with E-state index in [1.807, 2.05) is 31.4 Å². The fraction of sp³-hybridized carbons (Fsp3) is 0.150. The smallest absolute Gasteiger partial charge is 0.263 e. The van der Waals surface area contributed by atoms with Gasteiger partial charge in [0, 0.05) is 16.5 Å². The molecule has 0 spiro atoms. The number of nitrogens with zero attached hydrogens (tertiary/aromatic N) is 2. The lowest BCUT2D eigenvalue weighted by molar-refractivity contribution is -0.114. The number of anilines is 1. The molecule has 0 radical (unpaired) electrons. The van der Waals surface area contributed by atoms with Gasteiger partial charge in [0.2, 0.25) is 5.91 Å². The van der Waals surface area contributed by atoms with Gasteiger partial charge < -0.3 is 5.32 Å². The molecule has 0 atom stereocenters. The van der Waals surface area contributed by atoms with Crippen LogP contribution in [0.5, 0.6) is 0 Å². The molecule has 0 saturated carbocycles. The Kier molecular flexibility index (Phi) is 4.93. The summed E-state index contributed by atoms with van der Waals surface area (Å²) < 4.78 is 26.5. The first kappa shape index (κ1) is 19.3. The Balaban J connectivity index is 1.46. The van der Waals surface area contributed by atoms with Crippen LogP contribution in [0, 0.1) is 13.8 Å². The summed E-state index contributed by atoms with van der Waals surface area (Å²) in [5, 5.41) is 5.08. The van der Waals surface area contributed by atoms with E-state index < -0.39 is 10.0 Å². The molecule has 0 saturated heterocycles. The molecule has 1 amide bonds. The monoisotopic (exact) mass is 426 g/mol. The highest BCUT2D eigenvalue weighted by Crippen LogP contribution is 2.28. The first-order chi connectivity index (χ1) is 13.8. The van der Waals surface area contributed by atoms with Crippen LogP contribution < -0.4 is 10.0 Å². The molecule has 3 aromatic rings. The summed E-state index contributed by atoms with van der Waals surface area (Å²) in [5.41, 5.74) is 4.58. The van der Waals surface area contributed by atoms with Crippen LogP contribution in [0.4, 0.5) is 5.13 Å². The van der Waals surface area contributed by atoms with Crippen LogP contribution in [0.1, 0.15) is 16.7 Å². The molecule has 2 N–H and O–H groups in total. The molecule has 4 rings (SSSR count). The van der Waals surface area contributed by atoms with Gasteiger partial charge in [-0.3, -0.25) is 14.5 Å². The van der Waals surface area contributed by atoms with E-state index in [0.29, 0.717) is 10.7 Å². The molecule has 0 bridgehead atoms. The number of rotatable bonds is 4. The highest BCUT2D eigenvalue weighted by atomic mass is 32.2. The van der Waals surface area contributed by atoms with Crippen LogP contribution in [-0.4, -0.2) is 31.7 Å². The number of fused-ring (bicyclic) bond motifs is 1.